The van der Waals surface area contributed by atoms with E-state index in [0.29, 0.717) is 0 Å². The summed E-state index contributed by atoms with van der Waals surface area (Å²) in [5.74, 6) is 1.45. The molecule has 0 unspecified atom stereocenters. The third-order valence-electron chi connectivity index (χ3n) is 2.21. The van der Waals surface area contributed by atoms with Crippen molar-refractivity contribution in [3.8, 4) is 0 Å². The zero-order valence-corrected chi connectivity index (χ0v) is 10.5. The summed E-state index contributed by atoms with van der Waals surface area (Å²) in [7, 11) is -0.242. The van der Waals surface area contributed by atoms with Crippen LogP contribution in [0.3, 0.4) is 0 Å². The maximum Gasteiger partial charge on any atom is -0.00773 e. The van der Waals surface area contributed by atoms with Gasteiger partial charge in [-0.25, -0.2) is 10.0 Å². The minimum Gasteiger partial charge on any atom is -0.330 e. The fraction of sp³-hybridized carbons (Fsp3) is 1.00. The van der Waals surface area contributed by atoms with Crippen molar-refractivity contribution in [3.63, 3.8) is 0 Å². The fourth-order valence-electron chi connectivity index (χ4n) is 1.39. The third-order valence-corrected chi connectivity index (χ3v) is 3.72. The van der Waals surface area contributed by atoms with Gasteiger partial charge in [0.1, 0.15) is 0 Å². The van der Waals surface area contributed by atoms with E-state index in [1.165, 1.54) is 44.3 Å². The van der Waals surface area contributed by atoms with Crippen molar-refractivity contribution in [2.45, 2.75) is 38.5 Å². The van der Waals surface area contributed by atoms with Crippen LogP contribution in [0.2, 0.25) is 0 Å². The molecule has 0 aliphatic heterocycles. The molecule has 0 aromatic carbocycles. The normalized spacial score (nSPS) is 13.2. The van der Waals surface area contributed by atoms with Gasteiger partial charge in [-0.2, -0.15) is 0 Å². The van der Waals surface area contributed by atoms with Gasteiger partial charge in [0.15, 0.2) is 0 Å². The van der Waals surface area contributed by atoms with Gasteiger partial charge in [0.2, 0.25) is 0 Å². The lowest BCUT2D eigenvalue weighted by molar-refractivity contribution is 0.613. The van der Waals surface area contributed by atoms with Gasteiger partial charge in [0.05, 0.1) is 0 Å². The first-order valence-electron chi connectivity index (χ1n) is 5.42. The summed E-state index contributed by atoms with van der Waals surface area (Å²) >= 11 is 0. The zero-order valence-electron chi connectivity index (χ0n) is 9.64. The van der Waals surface area contributed by atoms with Crippen molar-refractivity contribution in [2.75, 3.05) is 31.1 Å². The second-order valence-corrected chi connectivity index (χ2v) is 9.29. The number of unbranched alkanes of at least 4 members (excludes halogenated alkanes) is 5. The van der Waals surface area contributed by atoms with Crippen LogP contribution in [-0.4, -0.2) is 31.1 Å². The highest BCUT2D eigenvalue weighted by molar-refractivity contribution is 8.32. The maximum absolute atomic E-state index is 5.43. The fourth-order valence-corrected chi connectivity index (χ4v) is 2.46. The quantitative estimate of drug-likeness (QED) is 0.606. The molecule has 82 valence electrons. The topological polar surface area (TPSA) is 26.0 Å². The van der Waals surface area contributed by atoms with Gasteiger partial charge in [-0.15, -0.1) is 0 Å². The molecule has 0 heterocycles. The lowest BCUT2D eigenvalue weighted by atomic mass is 10.1. The minimum absolute atomic E-state index is 0.242. The van der Waals surface area contributed by atoms with Crippen LogP contribution >= 0.6 is 10.0 Å². The van der Waals surface area contributed by atoms with Gasteiger partial charge < -0.3 is 5.73 Å². The smallest absolute Gasteiger partial charge is 0.00773 e. The van der Waals surface area contributed by atoms with Crippen LogP contribution in [0, 0.1) is 0 Å². The highest BCUT2D eigenvalue weighted by Crippen LogP contribution is 2.35. The summed E-state index contributed by atoms with van der Waals surface area (Å²) in [6, 6.07) is 0. The summed E-state index contributed by atoms with van der Waals surface area (Å²) < 4.78 is 0. The van der Waals surface area contributed by atoms with Gasteiger partial charge in [-0.1, -0.05) is 25.7 Å². The molecule has 0 rings (SSSR count). The maximum atomic E-state index is 5.43. The monoisotopic (exact) mass is 205 g/mol. The SMILES string of the molecule is CS(C)(C)CCCCCCCCN. The molecule has 0 fully saturated rings. The van der Waals surface area contributed by atoms with Gasteiger partial charge in [0.25, 0.3) is 0 Å². The summed E-state index contributed by atoms with van der Waals surface area (Å²) in [5, 5.41) is 0. The summed E-state index contributed by atoms with van der Waals surface area (Å²) in [6.45, 7) is 0.867. The molecule has 0 radical (unpaired) electrons. The number of hydrogen-bond donors (Lipinski definition) is 1. The zero-order chi connectivity index (χ0) is 10.2. The Bertz CT molecular complexity index is 107. The molecule has 0 saturated heterocycles. The van der Waals surface area contributed by atoms with E-state index in [1.54, 1.807) is 0 Å². The number of nitrogens with two attached hydrogens (primary N) is 1. The Hall–Kier alpha value is 0.310. The molecule has 0 spiro atoms. The Labute approximate surface area is 85.8 Å². The molecular weight excluding hydrogens is 178 g/mol. The molecule has 0 amide bonds. The lowest BCUT2D eigenvalue weighted by Crippen LogP contribution is -1.99. The van der Waals surface area contributed by atoms with E-state index < -0.39 is 0 Å². The predicted molar refractivity (Wildman–Crippen MR) is 67.0 cm³/mol. The standard InChI is InChI=1S/C11H27NS/c1-13(2,3)11-9-7-5-4-6-8-10-12/h4-12H2,1-3H3. The van der Waals surface area contributed by atoms with Crippen molar-refractivity contribution in [1.29, 1.82) is 0 Å². The lowest BCUT2D eigenvalue weighted by Gasteiger charge is -2.24. The molecule has 0 bridgehead atoms. The second-order valence-electron chi connectivity index (χ2n) is 4.70. The molecule has 0 aliphatic rings. The summed E-state index contributed by atoms with van der Waals surface area (Å²) in [6.07, 6.45) is 15.4. The summed E-state index contributed by atoms with van der Waals surface area (Å²) in [5.41, 5.74) is 5.43. The average Bonchev–Trinajstić information content (AvgIpc) is 2.01. The van der Waals surface area contributed by atoms with Crippen LogP contribution in [-0.2, 0) is 0 Å². The van der Waals surface area contributed by atoms with E-state index in [9.17, 15) is 0 Å². The van der Waals surface area contributed by atoms with Crippen LogP contribution in [0.1, 0.15) is 38.5 Å². The van der Waals surface area contributed by atoms with E-state index in [4.69, 9.17) is 5.73 Å². The molecule has 1 nitrogen and oxygen atoms in total. The Morgan fingerprint density at radius 3 is 1.69 bits per heavy atom. The molecule has 0 saturated carbocycles. The molecule has 13 heavy (non-hydrogen) atoms. The molecule has 0 aromatic rings. The first-order valence-corrected chi connectivity index (χ1v) is 8.45. The predicted octanol–water partition coefficient (Wildman–Crippen LogP) is 2.98. The van der Waals surface area contributed by atoms with Gasteiger partial charge >= 0.3 is 0 Å². The van der Waals surface area contributed by atoms with E-state index in [1.807, 2.05) is 0 Å². The third kappa shape index (κ3) is 12.3. The molecule has 0 aromatic heterocycles. The Balaban J connectivity index is 3.00. The first-order chi connectivity index (χ1) is 6.06. The number of rotatable bonds is 8. The van der Waals surface area contributed by atoms with Gasteiger partial charge in [-0.3, -0.25) is 0 Å². The minimum atomic E-state index is -0.242. The van der Waals surface area contributed by atoms with Crippen molar-refractivity contribution in [3.05, 3.63) is 0 Å². The van der Waals surface area contributed by atoms with E-state index >= 15 is 0 Å². The van der Waals surface area contributed by atoms with Crippen molar-refractivity contribution in [1.82, 2.24) is 0 Å². The Kier molecular flexibility index (Phi) is 7.87. The molecule has 2 N–H and O–H groups in total. The van der Waals surface area contributed by atoms with E-state index in [2.05, 4.69) is 18.8 Å². The van der Waals surface area contributed by atoms with Crippen LogP contribution < -0.4 is 5.73 Å². The van der Waals surface area contributed by atoms with Crippen LogP contribution in [0.15, 0.2) is 0 Å². The molecule has 0 atom stereocenters. The van der Waals surface area contributed by atoms with Crippen LogP contribution in [0.25, 0.3) is 0 Å². The molecule has 0 aliphatic carbocycles. The second kappa shape index (κ2) is 7.69. The first kappa shape index (κ1) is 13.3. The van der Waals surface area contributed by atoms with E-state index in [0.717, 1.165) is 6.54 Å². The molecule has 2 heteroatoms. The summed E-state index contributed by atoms with van der Waals surface area (Å²) in [4.78, 5) is 0. The largest absolute Gasteiger partial charge is 0.330 e. The highest BCUT2D eigenvalue weighted by atomic mass is 32.3. The van der Waals surface area contributed by atoms with Crippen molar-refractivity contribution in [2.24, 2.45) is 5.73 Å². The number of hydrogen-bond acceptors (Lipinski definition) is 1. The van der Waals surface area contributed by atoms with Crippen molar-refractivity contribution >= 4 is 10.0 Å². The highest BCUT2D eigenvalue weighted by Gasteiger charge is 2.02. The Morgan fingerprint density at radius 2 is 1.23 bits per heavy atom. The molecular formula is C11H27NS. The van der Waals surface area contributed by atoms with Gasteiger partial charge in [-0.05, 0) is 43.9 Å². The average molecular weight is 205 g/mol. The van der Waals surface area contributed by atoms with Crippen LogP contribution in [0.5, 0.6) is 0 Å². The van der Waals surface area contributed by atoms with Crippen molar-refractivity contribution < 1.29 is 0 Å². The van der Waals surface area contributed by atoms with E-state index in [-0.39, 0.29) is 10.0 Å². The van der Waals surface area contributed by atoms with Gasteiger partial charge in [0, 0.05) is 0 Å². The van der Waals surface area contributed by atoms with Crippen LogP contribution in [0.4, 0.5) is 0 Å². The Morgan fingerprint density at radius 1 is 0.769 bits per heavy atom.